The smallest absolute Gasteiger partial charge is 0.241 e. The number of rotatable bonds is 8. The molecule has 1 heterocycles. The van der Waals surface area contributed by atoms with Crippen LogP contribution in [0.3, 0.4) is 0 Å². The van der Waals surface area contributed by atoms with Gasteiger partial charge in [0.25, 0.3) is 0 Å². The zero-order valence-electron chi connectivity index (χ0n) is 13.0. The molecule has 1 aliphatic rings. The Morgan fingerprint density at radius 2 is 2.10 bits per heavy atom. The third-order valence-corrected chi connectivity index (χ3v) is 6.78. The van der Waals surface area contributed by atoms with Gasteiger partial charge in [0, 0.05) is 28.9 Å². The van der Waals surface area contributed by atoms with Gasteiger partial charge in [-0.25, -0.2) is 13.1 Å². The number of nitrogens with one attached hydrogen (secondary N) is 2. The quantitative estimate of drug-likeness (QED) is 0.760. The third kappa shape index (κ3) is 3.84. The molecule has 0 radical (unpaired) electrons. The molecule has 0 atom stereocenters. The predicted molar refractivity (Wildman–Crippen MR) is 87.2 cm³/mol. The first kappa shape index (κ1) is 16.9. The number of nitrogens with zero attached hydrogens (tertiary/aromatic N) is 1. The second kappa shape index (κ2) is 6.75. The van der Waals surface area contributed by atoms with Gasteiger partial charge in [0.15, 0.2) is 0 Å². The van der Waals surface area contributed by atoms with Gasteiger partial charge in [-0.15, -0.1) is 11.3 Å². The number of sulfonamides is 1. The fourth-order valence-corrected chi connectivity index (χ4v) is 4.89. The van der Waals surface area contributed by atoms with E-state index in [4.69, 9.17) is 0 Å². The van der Waals surface area contributed by atoms with Crippen LogP contribution in [0.4, 0.5) is 0 Å². The van der Waals surface area contributed by atoms with Gasteiger partial charge >= 0.3 is 0 Å². The maximum absolute atomic E-state index is 12.4. The molecule has 2 N–H and O–H groups in total. The van der Waals surface area contributed by atoms with E-state index in [1.165, 1.54) is 17.8 Å². The minimum atomic E-state index is -3.40. The Kier molecular flexibility index (Phi) is 5.43. The van der Waals surface area contributed by atoms with Crippen molar-refractivity contribution < 1.29 is 8.42 Å². The van der Waals surface area contributed by atoms with Gasteiger partial charge < -0.3 is 10.2 Å². The van der Waals surface area contributed by atoms with Crippen molar-refractivity contribution in [3.8, 4) is 0 Å². The van der Waals surface area contributed by atoms with Crippen molar-refractivity contribution in [1.82, 2.24) is 14.9 Å². The predicted octanol–water partition coefficient (Wildman–Crippen LogP) is 1.62. The van der Waals surface area contributed by atoms with Crippen LogP contribution in [-0.2, 0) is 16.6 Å². The molecule has 1 saturated carbocycles. The lowest BCUT2D eigenvalue weighted by atomic mass is 9.76. The number of likely N-dealkylation sites (N-methyl/N-ethyl adjacent to an activating group) is 1. The summed E-state index contributed by atoms with van der Waals surface area (Å²) in [6, 6.07) is 1.76. The van der Waals surface area contributed by atoms with E-state index < -0.39 is 10.0 Å². The average molecular weight is 332 g/mol. The molecule has 2 rings (SSSR count). The summed E-state index contributed by atoms with van der Waals surface area (Å²) in [5.74, 6) is 0. The Morgan fingerprint density at radius 1 is 1.38 bits per heavy atom. The van der Waals surface area contributed by atoms with Crippen molar-refractivity contribution in [3.63, 3.8) is 0 Å². The number of thiophene rings is 1. The van der Waals surface area contributed by atoms with Crippen LogP contribution in [0.15, 0.2) is 16.3 Å². The van der Waals surface area contributed by atoms with Gasteiger partial charge in [0.2, 0.25) is 10.0 Å². The monoisotopic (exact) mass is 331 g/mol. The topological polar surface area (TPSA) is 61.4 Å². The molecule has 120 valence electrons. The molecule has 0 bridgehead atoms. The van der Waals surface area contributed by atoms with Crippen molar-refractivity contribution in [3.05, 3.63) is 16.3 Å². The van der Waals surface area contributed by atoms with Gasteiger partial charge in [-0.2, -0.15) is 0 Å². The fraction of sp³-hybridized carbons (Fsp3) is 0.714. The normalized spacial score (nSPS) is 17.9. The summed E-state index contributed by atoms with van der Waals surface area (Å²) < 4.78 is 27.6. The molecule has 1 aromatic heterocycles. The molecule has 5 nitrogen and oxygen atoms in total. The standard InChI is InChI=1S/C14H25N3O2S2/c1-4-15-9-12-8-13(10-20-12)21(18,19)16-11-14(17(2)3)6-5-7-14/h8,10,15-16H,4-7,9,11H2,1-3H3. The van der Waals surface area contributed by atoms with Crippen LogP contribution < -0.4 is 10.0 Å². The summed E-state index contributed by atoms with van der Waals surface area (Å²) >= 11 is 1.48. The van der Waals surface area contributed by atoms with Gasteiger partial charge in [-0.1, -0.05) is 6.92 Å². The van der Waals surface area contributed by atoms with Crippen molar-refractivity contribution in [1.29, 1.82) is 0 Å². The highest BCUT2D eigenvalue weighted by Gasteiger charge is 2.39. The summed E-state index contributed by atoms with van der Waals surface area (Å²) in [5.41, 5.74) is -0.00428. The molecule has 7 heteroatoms. The zero-order chi connectivity index (χ0) is 15.5. The zero-order valence-corrected chi connectivity index (χ0v) is 14.6. The average Bonchev–Trinajstić information content (AvgIpc) is 2.84. The van der Waals surface area contributed by atoms with E-state index in [1.54, 1.807) is 11.4 Å². The molecule has 1 fully saturated rings. The van der Waals surface area contributed by atoms with E-state index in [0.717, 1.165) is 30.8 Å². The first-order valence-electron chi connectivity index (χ1n) is 7.35. The minimum Gasteiger partial charge on any atom is -0.312 e. The fourth-order valence-electron chi connectivity index (χ4n) is 2.52. The molecule has 0 amide bonds. The van der Waals surface area contributed by atoms with Gasteiger partial charge in [-0.3, -0.25) is 0 Å². The van der Waals surface area contributed by atoms with E-state index in [9.17, 15) is 8.42 Å². The second-order valence-electron chi connectivity index (χ2n) is 5.83. The third-order valence-electron chi connectivity index (χ3n) is 4.31. The minimum absolute atomic E-state index is 0.00428. The van der Waals surface area contributed by atoms with E-state index in [-0.39, 0.29) is 5.54 Å². The Bertz CT molecular complexity index is 563. The van der Waals surface area contributed by atoms with E-state index in [1.807, 2.05) is 21.0 Å². The van der Waals surface area contributed by atoms with Crippen LogP contribution in [0, 0.1) is 0 Å². The Labute approximate surface area is 131 Å². The Morgan fingerprint density at radius 3 is 2.62 bits per heavy atom. The van der Waals surface area contributed by atoms with E-state index in [0.29, 0.717) is 11.4 Å². The largest absolute Gasteiger partial charge is 0.312 e. The van der Waals surface area contributed by atoms with Crippen molar-refractivity contribution >= 4 is 21.4 Å². The van der Waals surface area contributed by atoms with Crippen LogP contribution >= 0.6 is 11.3 Å². The molecule has 0 spiro atoms. The molecule has 0 aromatic carbocycles. The van der Waals surface area contributed by atoms with Gasteiger partial charge in [0.05, 0.1) is 4.90 Å². The van der Waals surface area contributed by atoms with Crippen LogP contribution in [0.25, 0.3) is 0 Å². The molecular formula is C14H25N3O2S2. The van der Waals surface area contributed by atoms with Crippen molar-refractivity contribution in [2.75, 3.05) is 27.2 Å². The Hall–Kier alpha value is -0.470. The maximum Gasteiger partial charge on any atom is 0.241 e. The highest BCUT2D eigenvalue weighted by molar-refractivity contribution is 7.89. The van der Waals surface area contributed by atoms with E-state index in [2.05, 4.69) is 14.9 Å². The molecule has 0 aliphatic heterocycles. The van der Waals surface area contributed by atoms with Crippen LogP contribution in [-0.4, -0.2) is 46.0 Å². The first-order valence-corrected chi connectivity index (χ1v) is 9.71. The molecule has 21 heavy (non-hydrogen) atoms. The van der Waals surface area contributed by atoms with Gasteiger partial charge in [0.1, 0.15) is 0 Å². The Balaban J connectivity index is 2.00. The summed E-state index contributed by atoms with van der Waals surface area (Å²) in [5, 5.41) is 4.93. The molecular weight excluding hydrogens is 306 g/mol. The summed E-state index contributed by atoms with van der Waals surface area (Å²) in [6.45, 7) is 4.12. The molecule has 0 unspecified atom stereocenters. The lowest BCUT2D eigenvalue weighted by molar-refractivity contribution is 0.0657. The maximum atomic E-state index is 12.4. The summed E-state index contributed by atoms with van der Waals surface area (Å²) in [6.07, 6.45) is 3.28. The summed E-state index contributed by atoms with van der Waals surface area (Å²) in [7, 11) is 0.639. The van der Waals surface area contributed by atoms with E-state index >= 15 is 0 Å². The SMILES string of the molecule is CCNCc1cc(S(=O)(=O)NCC2(N(C)C)CCC2)cs1. The highest BCUT2D eigenvalue weighted by Crippen LogP contribution is 2.35. The number of hydrogen-bond acceptors (Lipinski definition) is 5. The van der Waals surface area contributed by atoms with Crippen molar-refractivity contribution in [2.24, 2.45) is 0 Å². The molecule has 1 aliphatic carbocycles. The van der Waals surface area contributed by atoms with Gasteiger partial charge in [-0.05, 0) is 46.0 Å². The lowest BCUT2D eigenvalue weighted by Crippen LogP contribution is -2.57. The highest BCUT2D eigenvalue weighted by atomic mass is 32.2. The lowest BCUT2D eigenvalue weighted by Gasteiger charge is -2.47. The van der Waals surface area contributed by atoms with Crippen LogP contribution in [0.2, 0.25) is 0 Å². The van der Waals surface area contributed by atoms with Crippen LogP contribution in [0.5, 0.6) is 0 Å². The molecule has 1 aromatic rings. The van der Waals surface area contributed by atoms with Crippen LogP contribution in [0.1, 0.15) is 31.1 Å². The van der Waals surface area contributed by atoms with Crippen molar-refractivity contribution in [2.45, 2.75) is 43.2 Å². The molecule has 0 saturated heterocycles. The summed E-state index contributed by atoms with van der Waals surface area (Å²) in [4.78, 5) is 3.57. The number of hydrogen-bond donors (Lipinski definition) is 2. The second-order valence-corrected chi connectivity index (χ2v) is 8.59. The first-order chi connectivity index (χ1) is 9.89.